The number of nitrogens with one attached hydrogen (secondary N) is 1. The summed E-state index contributed by atoms with van der Waals surface area (Å²) in [6.45, 7) is 15.1. The molecule has 0 amide bonds. The fourth-order valence-corrected chi connectivity index (χ4v) is 4.04. The Kier molecular flexibility index (Phi) is 3.27. The first-order valence-corrected chi connectivity index (χ1v) is 10.4. The van der Waals surface area contributed by atoms with E-state index < -0.39 is 8.07 Å². The molecule has 1 aliphatic rings. The monoisotopic (exact) mass is 265 g/mol. The van der Waals surface area contributed by atoms with E-state index in [1.165, 1.54) is 11.8 Å². The summed E-state index contributed by atoms with van der Waals surface area (Å²) in [5, 5.41) is 4.89. The highest BCUT2D eigenvalue weighted by atomic mass is 28.3. The Morgan fingerprint density at radius 3 is 2.33 bits per heavy atom. The SMILES string of the molecule is CC1(C)CN[C@](C)(Cc2ccc([Si](C)(C)C)o2)C1. The van der Waals surface area contributed by atoms with Crippen LogP contribution in [0.25, 0.3) is 0 Å². The number of hydrogen-bond donors (Lipinski definition) is 1. The van der Waals surface area contributed by atoms with Crippen LogP contribution in [0.2, 0.25) is 19.6 Å². The van der Waals surface area contributed by atoms with Crippen LogP contribution in [0.1, 0.15) is 33.0 Å². The molecule has 102 valence electrons. The highest BCUT2D eigenvalue weighted by Crippen LogP contribution is 2.35. The lowest BCUT2D eigenvalue weighted by atomic mass is 9.83. The minimum atomic E-state index is -1.31. The van der Waals surface area contributed by atoms with Gasteiger partial charge in [0.15, 0.2) is 0 Å². The van der Waals surface area contributed by atoms with Crippen LogP contribution in [0.5, 0.6) is 0 Å². The molecule has 1 saturated heterocycles. The molecule has 2 rings (SSSR count). The molecule has 1 fully saturated rings. The molecule has 1 atom stereocenters. The first kappa shape index (κ1) is 13.9. The maximum Gasteiger partial charge on any atom is 0.123 e. The van der Waals surface area contributed by atoms with Gasteiger partial charge >= 0.3 is 0 Å². The molecule has 1 aromatic rings. The Labute approximate surface area is 112 Å². The predicted octanol–water partition coefficient (Wildman–Crippen LogP) is 3.15. The standard InChI is InChI=1S/C15H27NOSi/c1-14(2)10-15(3,16-11-14)9-12-7-8-13(17-12)18(4,5)6/h7-8,16H,9-11H2,1-6H3/t15-/m1/s1. The Balaban J connectivity index is 2.09. The van der Waals surface area contributed by atoms with Crippen molar-refractivity contribution in [3.05, 3.63) is 17.9 Å². The van der Waals surface area contributed by atoms with Gasteiger partial charge in [0.2, 0.25) is 0 Å². The Morgan fingerprint density at radius 2 is 1.89 bits per heavy atom. The number of hydrogen-bond acceptors (Lipinski definition) is 2. The Morgan fingerprint density at radius 1 is 1.22 bits per heavy atom. The van der Waals surface area contributed by atoms with Crippen molar-refractivity contribution in [1.29, 1.82) is 0 Å². The fraction of sp³-hybridized carbons (Fsp3) is 0.733. The third-order valence-electron chi connectivity index (χ3n) is 3.83. The molecule has 0 saturated carbocycles. The van der Waals surface area contributed by atoms with E-state index in [9.17, 15) is 0 Å². The van der Waals surface area contributed by atoms with E-state index in [-0.39, 0.29) is 5.54 Å². The van der Waals surface area contributed by atoms with Crippen molar-refractivity contribution in [2.45, 2.75) is 58.8 Å². The van der Waals surface area contributed by atoms with Gasteiger partial charge in [-0.05, 0) is 30.9 Å². The summed E-state index contributed by atoms with van der Waals surface area (Å²) in [6, 6.07) is 4.36. The lowest BCUT2D eigenvalue weighted by Crippen LogP contribution is -2.39. The molecule has 18 heavy (non-hydrogen) atoms. The number of rotatable bonds is 3. The first-order valence-electron chi connectivity index (χ1n) is 6.94. The van der Waals surface area contributed by atoms with Crippen molar-refractivity contribution < 1.29 is 4.42 Å². The summed E-state index contributed by atoms with van der Waals surface area (Å²) in [5.74, 6) is 1.14. The fourth-order valence-electron chi connectivity index (χ4n) is 3.02. The summed E-state index contributed by atoms with van der Waals surface area (Å²) in [5.41, 5.74) is 0.598. The zero-order valence-corrected chi connectivity index (χ0v) is 13.7. The van der Waals surface area contributed by atoms with Gasteiger partial charge in [0.05, 0.1) is 5.38 Å². The summed E-state index contributed by atoms with van der Waals surface area (Å²) in [7, 11) is -1.31. The van der Waals surface area contributed by atoms with Crippen molar-refractivity contribution >= 4 is 13.5 Å². The van der Waals surface area contributed by atoms with Gasteiger partial charge in [0, 0.05) is 18.5 Å². The van der Waals surface area contributed by atoms with Gasteiger partial charge in [-0.15, -0.1) is 0 Å². The third kappa shape index (κ3) is 3.07. The van der Waals surface area contributed by atoms with E-state index in [0.717, 1.165) is 18.7 Å². The van der Waals surface area contributed by atoms with Crippen molar-refractivity contribution in [3.63, 3.8) is 0 Å². The van der Waals surface area contributed by atoms with Crippen molar-refractivity contribution in [3.8, 4) is 0 Å². The molecule has 0 radical (unpaired) electrons. The van der Waals surface area contributed by atoms with E-state index in [4.69, 9.17) is 4.42 Å². The van der Waals surface area contributed by atoms with E-state index in [1.54, 1.807) is 0 Å². The topological polar surface area (TPSA) is 25.2 Å². The van der Waals surface area contributed by atoms with Crippen LogP contribution in [0.3, 0.4) is 0 Å². The first-order chi connectivity index (χ1) is 8.10. The minimum absolute atomic E-state index is 0.193. The quantitative estimate of drug-likeness (QED) is 0.849. The summed E-state index contributed by atoms with van der Waals surface area (Å²) in [4.78, 5) is 0. The second-order valence-electron chi connectivity index (χ2n) is 7.95. The highest BCUT2D eigenvalue weighted by Gasteiger charge is 2.40. The second-order valence-corrected chi connectivity index (χ2v) is 12.9. The second kappa shape index (κ2) is 4.24. The normalized spacial score (nSPS) is 27.7. The maximum absolute atomic E-state index is 6.07. The van der Waals surface area contributed by atoms with Crippen molar-refractivity contribution in [2.75, 3.05) is 6.54 Å². The van der Waals surface area contributed by atoms with Crippen LogP contribution >= 0.6 is 0 Å². The summed E-state index contributed by atoms with van der Waals surface area (Å²) < 4.78 is 6.07. The molecule has 1 aliphatic heterocycles. The molecule has 0 aliphatic carbocycles. The van der Waals surface area contributed by atoms with Gasteiger partial charge in [-0.25, -0.2) is 0 Å². The van der Waals surface area contributed by atoms with E-state index in [2.05, 4.69) is 57.9 Å². The predicted molar refractivity (Wildman–Crippen MR) is 80.2 cm³/mol. The summed E-state index contributed by atoms with van der Waals surface area (Å²) >= 11 is 0. The molecule has 1 aromatic heterocycles. The lowest BCUT2D eigenvalue weighted by molar-refractivity contribution is 0.331. The zero-order chi connectivity index (χ0) is 13.6. The highest BCUT2D eigenvalue weighted by molar-refractivity contribution is 6.87. The van der Waals surface area contributed by atoms with Crippen LogP contribution in [0, 0.1) is 5.41 Å². The molecule has 0 spiro atoms. The Bertz CT molecular complexity index is 430. The largest absolute Gasteiger partial charge is 0.471 e. The van der Waals surface area contributed by atoms with Crippen LogP contribution in [0.15, 0.2) is 16.5 Å². The van der Waals surface area contributed by atoms with Crippen LogP contribution in [-0.2, 0) is 6.42 Å². The molecular formula is C15H27NOSi. The van der Waals surface area contributed by atoms with Crippen LogP contribution < -0.4 is 10.7 Å². The van der Waals surface area contributed by atoms with Gasteiger partial charge in [-0.1, -0.05) is 33.5 Å². The van der Waals surface area contributed by atoms with Crippen molar-refractivity contribution in [1.82, 2.24) is 5.32 Å². The molecule has 1 N–H and O–H groups in total. The average molecular weight is 265 g/mol. The van der Waals surface area contributed by atoms with Crippen molar-refractivity contribution in [2.24, 2.45) is 5.41 Å². The zero-order valence-electron chi connectivity index (χ0n) is 12.7. The average Bonchev–Trinajstić information content (AvgIpc) is 2.71. The van der Waals surface area contributed by atoms with Gasteiger partial charge in [-0.3, -0.25) is 0 Å². The van der Waals surface area contributed by atoms with E-state index in [1.807, 2.05) is 0 Å². The number of furan rings is 1. The van der Waals surface area contributed by atoms with Gasteiger partial charge in [0.1, 0.15) is 13.8 Å². The smallest absolute Gasteiger partial charge is 0.123 e. The molecule has 0 aromatic carbocycles. The Hall–Kier alpha value is -0.543. The molecule has 2 nitrogen and oxygen atoms in total. The van der Waals surface area contributed by atoms with Gasteiger partial charge in [-0.2, -0.15) is 0 Å². The molecular weight excluding hydrogens is 238 g/mol. The van der Waals surface area contributed by atoms with Gasteiger partial charge < -0.3 is 9.73 Å². The molecule has 0 unspecified atom stereocenters. The minimum Gasteiger partial charge on any atom is -0.471 e. The molecule has 0 bridgehead atoms. The summed E-state index contributed by atoms with van der Waals surface area (Å²) in [6.07, 6.45) is 2.21. The van der Waals surface area contributed by atoms with Gasteiger partial charge in [0.25, 0.3) is 0 Å². The van der Waals surface area contributed by atoms with Crippen LogP contribution in [-0.4, -0.2) is 20.2 Å². The lowest BCUT2D eigenvalue weighted by Gasteiger charge is -2.25. The third-order valence-corrected chi connectivity index (χ3v) is 5.57. The maximum atomic E-state index is 6.07. The van der Waals surface area contributed by atoms with E-state index >= 15 is 0 Å². The molecule has 3 heteroatoms. The molecule has 2 heterocycles. The van der Waals surface area contributed by atoms with E-state index in [0.29, 0.717) is 5.41 Å². The van der Waals surface area contributed by atoms with Crippen LogP contribution in [0.4, 0.5) is 0 Å².